The van der Waals surface area contributed by atoms with Crippen molar-refractivity contribution in [3.05, 3.63) is 163 Å². The monoisotopic (exact) mass is 485 g/mol. The summed E-state index contributed by atoms with van der Waals surface area (Å²) in [5.74, 6) is 0. The molecule has 1 heteroatoms. The second kappa shape index (κ2) is 9.53. The largest absolute Gasteiger partial charge is 0.310 e. The first kappa shape index (κ1) is 22.3. The van der Waals surface area contributed by atoms with Crippen molar-refractivity contribution in [2.75, 3.05) is 4.90 Å². The van der Waals surface area contributed by atoms with Crippen LogP contribution in [-0.4, -0.2) is 0 Å². The highest BCUT2D eigenvalue weighted by Crippen LogP contribution is 2.49. The molecule has 1 aliphatic carbocycles. The number of hydrogen-bond donors (Lipinski definition) is 0. The van der Waals surface area contributed by atoms with Crippen LogP contribution in [0, 0.1) is 0 Å². The molecule has 0 bridgehead atoms. The minimum Gasteiger partial charge on any atom is -0.310 e. The van der Waals surface area contributed by atoms with Gasteiger partial charge in [0.1, 0.15) is 0 Å². The fourth-order valence-corrected chi connectivity index (χ4v) is 5.83. The van der Waals surface area contributed by atoms with Crippen LogP contribution in [0.5, 0.6) is 0 Å². The van der Waals surface area contributed by atoms with Crippen molar-refractivity contribution in [1.82, 2.24) is 0 Å². The van der Waals surface area contributed by atoms with E-state index in [4.69, 9.17) is 0 Å². The van der Waals surface area contributed by atoms with Gasteiger partial charge in [0.2, 0.25) is 0 Å². The standard InChI is InChI=1S/C37H27N/c1-4-14-27(15-5-1)32-22-12-25-36(37(32)28-16-6-2-7-17-28)38(30-19-8-3-9-20-30)35-24-13-23-33-31-21-11-10-18-29(31)26-34(33)35/h1-25H,26H2. The van der Waals surface area contributed by atoms with Crippen LogP contribution in [0.1, 0.15) is 11.1 Å². The summed E-state index contributed by atoms with van der Waals surface area (Å²) in [6.45, 7) is 0. The molecule has 0 radical (unpaired) electrons. The molecule has 6 aromatic carbocycles. The lowest BCUT2D eigenvalue weighted by Crippen LogP contribution is -2.13. The third-order valence-electron chi connectivity index (χ3n) is 7.51. The molecular formula is C37H27N. The summed E-state index contributed by atoms with van der Waals surface area (Å²) in [5, 5.41) is 0. The van der Waals surface area contributed by atoms with Crippen molar-refractivity contribution in [2.24, 2.45) is 0 Å². The summed E-state index contributed by atoms with van der Waals surface area (Å²) in [5.41, 5.74) is 13.9. The fraction of sp³-hybridized carbons (Fsp3) is 0.0270. The van der Waals surface area contributed by atoms with Crippen molar-refractivity contribution in [3.8, 4) is 33.4 Å². The molecule has 1 aliphatic rings. The van der Waals surface area contributed by atoms with Gasteiger partial charge >= 0.3 is 0 Å². The summed E-state index contributed by atoms with van der Waals surface area (Å²) < 4.78 is 0. The maximum atomic E-state index is 2.46. The van der Waals surface area contributed by atoms with E-state index in [0.717, 1.165) is 12.1 Å². The summed E-state index contributed by atoms with van der Waals surface area (Å²) in [7, 11) is 0. The van der Waals surface area contributed by atoms with E-state index >= 15 is 0 Å². The van der Waals surface area contributed by atoms with E-state index in [0.29, 0.717) is 0 Å². The van der Waals surface area contributed by atoms with Crippen LogP contribution in [0.25, 0.3) is 33.4 Å². The zero-order chi connectivity index (χ0) is 25.3. The van der Waals surface area contributed by atoms with Crippen LogP contribution < -0.4 is 4.90 Å². The Morgan fingerprint density at radius 2 is 0.947 bits per heavy atom. The second-order valence-corrected chi connectivity index (χ2v) is 9.74. The Morgan fingerprint density at radius 3 is 1.68 bits per heavy atom. The topological polar surface area (TPSA) is 3.24 Å². The third-order valence-corrected chi connectivity index (χ3v) is 7.51. The van der Waals surface area contributed by atoms with Gasteiger partial charge in [-0.2, -0.15) is 0 Å². The number of anilines is 3. The Morgan fingerprint density at radius 1 is 0.395 bits per heavy atom. The predicted molar refractivity (Wildman–Crippen MR) is 160 cm³/mol. The average Bonchev–Trinajstić information content (AvgIpc) is 3.38. The van der Waals surface area contributed by atoms with Gasteiger partial charge in [-0.15, -0.1) is 0 Å². The highest BCUT2D eigenvalue weighted by atomic mass is 15.1. The molecular weight excluding hydrogens is 458 g/mol. The SMILES string of the molecule is c1ccc(-c2cccc(N(c3ccccc3)c3cccc4c3Cc3ccccc3-4)c2-c2ccccc2)cc1. The molecule has 7 rings (SSSR count). The summed E-state index contributed by atoms with van der Waals surface area (Å²) >= 11 is 0. The molecule has 6 aromatic rings. The zero-order valence-electron chi connectivity index (χ0n) is 21.1. The second-order valence-electron chi connectivity index (χ2n) is 9.74. The van der Waals surface area contributed by atoms with Gasteiger partial charge in [-0.05, 0) is 63.2 Å². The van der Waals surface area contributed by atoms with Gasteiger partial charge < -0.3 is 4.90 Å². The van der Waals surface area contributed by atoms with Crippen LogP contribution in [0.15, 0.2) is 152 Å². The highest BCUT2D eigenvalue weighted by Gasteiger charge is 2.26. The van der Waals surface area contributed by atoms with Crippen LogP contribution >= 0.6 is 0 Å². The Kier molecular flexibility index (Phi) is 5.60. The molecule has 180 valence electrons. The van der Waals surface area contributed by atoms with E-state index in [1.807, 2.05) is 0 Å². The molecule has 0 N–H and O–H groups in total. The minimum atomic E-state index is 0.935. The molecule has 0 amide bonds. The number of para-hydroxylation sites is 1. The lowest BCUT2D eigenvalue weighted by Gasteiger charge is -2.31. The Balaban J connectivity index is 1.52. The van der Waals surface area contributed by atoms with Crippen molar-refractivity contribution in [2.45, 2.75) is 6.42 Å². The van der Waals surface area contributed by atoms with E-state index in [9.17, 15) is 0 Å². The summed E-state index contributed by atoms with van der Waals surface area (Å²) in [4.78, 5) is 2.46. The first-order chi connectivity index (χ1) is 18.9. The molecule has 0 aliphatic heterocycles. The van der Waals surface area contributed by atoms with Crippen LogP contribution in [-0.2, 0) is 6.42 Å². The first-order valence-corrected chi connectivity index (χ1v) is 13.2. The van der Waals surface area contributed by atoms with Gasteiger partial charge in [0.25, 0.3) is 0 Å². The Bertz CT molecular complexity index is 1720. The van der Waals surface area contributed by atoms with Gasteiger partial charge in [-0.3, -0.25) is 0 Å². The van der Waals surface area contributed by atoms with Gasteiger partial charge in [-0.25, -0.2) is 0 Å². The van der Waals surface area contributed by atoms with Crippen molar-refractivity contribution in [3.63, 3.8) is 0 Å². The maximum Gasteiger partial charge on any atom is 0.0546 e. The highest BCUT2D eigenvalue weighted by molar-refractivity contribution is 5.98. The Labute approximate surface area is 224 Å². The number of fused-ring (bicyclic) bond motifs is 3. The molecule has 0 atom stereocenters. The van der Waals surface area contributed by atoms with Gasteiger partial charge in [-0.1, -0.05) is 127 Å². The van der Waals surface area contributed by atoms with Crippen molar-refractivity contribution < 1.29 is 0 Å². The maximum absolute atomic E-state index is 2.46. The molecule has 0 fully saturated rings. The molecule has 0 aromatic heterocycles. The van der Waals surface area contributed by atoms with E-state index in [2.05, 4.69) is 157 Å². The first-order valence-electron chi connectivity index (χ1n) is 13.2. The minimum absolute atomic E-state index is 0.935. The average molecular weight is 486 g/mol. The van der Waals surface area contributed by atoms with Crippen LogP contribution in [0.2, 0.25) is 0 Å². The summed E-state index contributed by atoms with van der Waals surface area (Å²) in [6, 6.07) is 54.6. The predicted octanol–water partition coefficient (Wildman–Crippen LogP) is 10.1. The molecule has 0 unspecified atom stereocenters. The van der Waals surface area contributed by atoms with E-state index in [-0.39, 0.29) is 0 Å². The van der Waals surface area contributed by atoms with Crippen LogP contribution in [0.3, 0.4) is 0 Å². The molecule has 0 saturated carbocycles. The summed E-state index contributed by atoms with van der Waals surface area (Å²) in [6.07, 6.45) is 0.935. The zero-order valence-corrected chi connectivity index (χ0v) is 21.1. The quantitative estimate of drug-likeness (QED) is 0.234. The smallest absolute Gasteiger partial charge is 0.0546 e. The van der Waals surface area contributed by atoms with Crippen molar-refractivity contribution in [1.29, 1.82) is 0 Å². The third kappa shape index (κ3) is 3.81. The van der Waals surface area contributed by atoms with Gasteiger partial charge in [0, 0.05) is 17.7 Å². The number of benzene rings is 6. The van der Waals surface area contributed by atoms with Gasteiger partial charge in [0.05, 0.1) is 11.4 Å². The fourth-order valence-electron chi connectivity index (χ4n) is 5.83. The lowest BCUT2D eigenvalue weighted by atomic mass is 9.91. The van der Waals surface area contributed by atoms with E-state index in [1.54, 1.807) is 0 Å². The number of rotatable bonds is 5. The molecule has 0 heterocycles. The Hall–Kier alpha value is -4.88. The lowest BCUT2D eigenvalue weighted by molar-refractivity contribution is 1.20. The van der Waals surface area contributed by atoms with Gasteiger partial charge in [0.15, 0.2) is 0 Å². The van der Waals surface area contributed by atoms with E-state index < -0.39 is 0 Å². The molecule has 1 nitrogen and oxygen atoms in total. The van der Waals surface area contributed by atoms with Crippen molar-refractivity contribution >= 4 is 17.1 Å². The van der Waals surface area contributed by atoms with E-state index in [1.165, 1.54) is 55.9 Å². The molecule has 38 heavy (non-hydrogen) atoms. The molecule has 0 spiro atoms. The molecule has 0 saturated heterocycles. The normalized spacial score (nSPS) is 11.6. The number of hydrogen-bond acceptors (Lipinski definition) is 1. The van der Waals surface area contributed by atoms with Crippen LogP contribution in [0.4, 0.5) is 17.1 Å². The number of nitrogens with zero attached hydrogens (tertiary/aromatic N) is 1.